The Morgan fingerprint density at radius 1 is 1.32 bits per heavy atom. The summed E-state index contributed by atoms with van der Waals surface area (Å²) < 4.78 is 17.2. The molecule has 0 spiro atoms. The van der Waals surface area contributed by atoms with E-state index in [1.807, 2.05) is 13.8 Å². The Bertz CT molecular complexity index is 732. The van der Waals surface area contributed by atoms with Crippen molar-refractivity contribution in [1.82, 2.24) is 0 Å². The number of carbonyl (C=O) groups excluding carboxylic acids is 3. The molecule has 0 aromatic heterocycles. The van der Waals surface area contributed by atoms with Crippen LogP contribution in [-0.2, 0) is 28.6 Å². The summed E-state index contributed by atoms with van der Waals surface area (Å²) in [7, 11) is 0. The molecule has 8 atom stereocenters. The summed E-state index contributed by atoms with van der Waals surface area (Å²) in [5.41, 5.74) is -0.431. The van der Waals surface area contributed by atoms with Crippen LogP contribution < -0.4 is 21.0 Å². The van der Waals surface area contributed by atoms with E-state index in [0.29, 0.717) is 10.2 Å². The predicted octanol–water partition coefficient (Wildman–Crippen LogP) is -1.18. The van der Waals surface area contributed by atoms with Crippen molar-refractivity contribution in [3.05, 3.63) is 0 Å². The molecule has 5 aliphatic rings. The average Bonchev–Trinajstić information content (AvgIpc) is 3.09. The second-order valence-corrected chi connectivity index (χ2v) is 14.2. The van der Waals surface area contributed by atoms with Gasteiger partial charge in [0, 0.05) is 0 Å². The SMILES string of the molecule is CC1(OC(=O)C2C3CC4C(OC(=O)C42)C3OC(=O)C(C)(I)C2[B][I-]2)CCCC1. The molecule has 3 saturated carbocycles. The number of alkyl halides is 2. The van der Waals surface area contributed by atoms with Crippen molar-refractivity contribution in [2.75, 3.05) is 0 Å². The van der Waals surface area contributed by atoms with Crippen molar-refractivity contribution in [3.8, 4) is 0 Å². The zero-order valence-corrected chi connectivity index (χ0v) is 20.2. The van der Waals surface area contributed by atoms with Crippen LogP contribution in [0.5, 0.6) is 0 Å². The Balaban J connectivity index is 1.35. The van der Waals surface area contributed by atoms with E-state index in [4.69, 9.17) is 14.2 Å². The van der Waals surface area contributed by atoms with Gasteiger partial charge < -0.3 is 0 Å². The molecule has 0 N–H and O–H groups in total. The summed E-state index contributed by atoms with van der Waals surface area (Å²) in [6.07, 6.45) is 3.61. The molecule has 0 aromatic carbocycles. The van der Waals surface area contributed by atoms with Crippen molar-refractivity contribution in [3.63, 3.8) is 0 Å². The molecule has 2 saturated heterocycles. The Morgan fingerprint density at radius 2 is 2.00 bits per heavy atom. The fraction of sp³-hybridized carbons (Fsp3) is 0.842. The monoisotopic (exact) mass is 612 g/mol. The van der Waals surface area contributed by atoms with Gasteiger partial charge in [-0.3, -0.25) is 0 Å². The van der Waals surface area contributed by atoms with Gasteiger partial charge in [-0.15, -0.1) is 0 Å². The topological polar surface area (TPSA) is 78.9 Å². The van der Waals surface area contributed by atoms with Crippen molar-refractivity contribution >= 4 is 45.6 Å². The minimum absolute atomic E-state index is 0.0158. The van der Waals surface area contributed by atoms with Crippen LogP contribution in [0.25, 0.3) is 0 Å². The number of rotatable bonds is 5. The summed E-state index contributed by atoms with van der Waals surface area (Å²) >= 11 is 2.16. The molecule has 3 aliphatic carbocycles. The summed E-state index contributed by atoms with van der Waals surface area (Å²) in [6.45, 7) is 3.89. The zero-order valence-electron chi connectivity index (χ0n) is 15.9. The first-order chi connectivity index (χ1) is 13.2. The van der Waals surface area contributed by atoms with Gasteiger partial charge in [0.15, 0.2) is 0 Å². The van der Waals surface area contributed by atoms with E-state index in [1.165, 1.54) is 0 Å². The fourth-order valence-corrected chi connectivity index (χ4v) is 9.39. The summed E-state index contributed by atoms with van der Waals surface area (Å²) in [4.78, 5) is 38.5. The number of fused-ring (bicyclic) bond motifs is 1. The van der Waals surface area contributed by atoms with E-state index in [1.54, 1.807) is 0 Å². The van der Waals surface area contributed by atoms with Gasteiger partial charge in [-0.1, -0.05) is 0 Å². The maximum atomic E-state index is 13.1. The first kappa shape index (κ1) is 19.9. The molecule has 153 valence electrons. The van der Waals surface area contributed by atoms with Crippen LogP contribution in [0.2, 0.25) is 0 Å². The van der Waals surface area contributed by atoms with Crippen LogP contribution in [0.1, 0.15) is 46.0 Å². The van der Waals surface area contributed by atoms with Gasteiger partial charge in [-0.05, 0) is 0 Å². The second-order valence-electron chi connectivity index (χ2n) is 9.19. The fourth-order valence-electron chi connectivity index (χ4n) is 5.63. The third-order valence-corrected chi connectivity index (χ3v) is 12.2. The summed E-state index contributed by atoms with van der Waals surface area (Å²) in [5.74, 6) is -2.09. The summed E-state index contributed by atoms with van der Waals surface area (Å²) in [5, 5.41) is 2.21. The molecule has 9 heteroatoms. The number of halogens is 2. The van der Waals surface area contributed by atoms with E-state index in [2.05, 4.69) is 27.7 Å². The van der Waals surface area contributed by atoms with Crippen molar-refractivity contribution in [2.24, 2.45) is 23.7 Å². The predicted molar refractivity (Wildman–Crippen MR) is 103 cm³/mol. The quantitative estimate of drug-likeness (QED) is 0.128. The second kappa shape index (κ2) is 6.72. The van der Waals surface area contributed by atoms with Gasteiger partial charge >= 0.3 is 190 Å². The van der Waals surface area contributed by atoms with E-state index >= 15 is 0 Å². The van der Waals surface area contributed by atoms with Gasteiger partial charge in [-0.2, -0.15) is 0 Å². The molecule has 2 aliphatic heterocycles. The van der Waals surface area contributed by atoms with Crippen molar-refractivity contribution in [1.29, 1.82) is 0 Å². The van der Waals surface area contributed by atoms with Gasteiger partial charge in [0.05, 0.1) is 0 Å². The first-order valence-corrected chi connectivity index (χ1v) is 13.6. The van der Waals surface area contributed by atoms with E-state index in [-0.39, 0.29) is 50.7 Å². The molecule has 0 aromatic rings. The van der Waals surface area contributed by atoms with E-state index in [0.717, 1.165) is 25.7 Å². The number of hydrogen-bond donors (Lipinski definition) is 0. The molecular formula is C19H23BI2O6-. The van der Waals surface area contributed by atoms with Crippen molar-refractivity contribution < 1.29 is 49.6 Å². The first-order valence-electron chi connectivity index (χ1n) is 10.00. The molecule has 0 amide bonds. The maximum absolute atomic E-state index is 13.1. The third kappa shape index (κ3) is 3.03. The van der Waals surface area contributed by atoms with Crippen LogP contribution >= 0.6 is 22.6 Å². The van der Waals surface area contributed by atoms with Gasteiger partial charge in [0.2, 0.25) is 0 Å². The standard InChI is InChI=1S/C19H23BI2O6/c1-18(5-3-4-6-18)28-15(24)11-9-7-8-10(11)14(23)26-12(8)13(9)27-17(25)19(2,21)16-20-22-16/h8-13,16H,3-7H2,1-2H3/q-1. The molecule has 6 nitrogen and oxygen atoms in total. The number of hydrogen-bond acceptors (Lipinski definition) is 6. The molecule has 2 heterocycles. The van der Waals surface area contributed by atoms with Crippen molar-refractivity contribution in [2.45, 2.75) is 71.0 Å². The molecule has 28 heavy (non-hydrogen) atoms. The molecule has 1 radical (unpaired) electrons. The van der Waals surface area contributed by atoms with Crippen LogP contribution in [-0.4, -0.2) is 48.1 Å². The normalized spacial score (nSPS) is 44.1. The molecule has 5 rings (SSSR count). The molecule has 2 bridgehead atoms. The Hall–Kier alpha value is -0.0651. The molecular weight excluding hydrogens is 589 g/mol. The summed E-state index contributed by atoms with van der Waals surface area (Å²) in [6, 6.07) is 0. The van der Waals surface area contributed by atoms with E-state index < -0.39 is 33.1 Å². The van der Waals surface area contributed by atoms with Crippen LogP contribution in [0, 0.1) is 23.7 Å². The number of ether oxygens (including phenoxy) is 3. The Labute approximate surface area is 188 Å². The van der Waals surface area contributed by atoms with Gasteiger partial charge in [0.25, 0.3) is 0 Å². The molecule has 5 fully saturated rings. The average molecular weight is 612 g/mol. The van der Waals surface area contributed by atoms with Crippen LogP contribution in [0.15, 0.2) is 0 Å². The Kier molecular flexibility index (Phi) is 4.77. The van der Waals surface area contributed by atoms with Crippen LogP contribution in [0.3, 0.4) is 0 Å². The number of esters is 3. The number of carbonyl (C=O) groups is 3. The van der Waals surface area contributed by atoms with Gasteiger partial charge in [-0.25, -0.2) is 0 Å². The van der Waals surface area contributed by atoms with E-state index in [9.17, 15) is 14.4 Å². The third-order valence-electron chi connectivity index (χ3n) is 7.24. The Morgan fingerprint density at radius 3 is 2.64 bits per heavy atom. The molecule has 8 unspecified atom stereocenters. The minimum atomic E-state index is -0.567. The zero-order chi connectivity index (χ0) is 19.8. The van der Waals surface area contributed by atoms with Gasteiger partial charge in [0.1, 0.15) is 0 Å². The van der Waals surface area contributed by atoms with Crippen LogP contribution in [0.4, 0.5) is 0 Å².